The third-order valence-corrected chi connectivity index (χ3v) is 1.57. The van der Waals surface area contributed by atoms with E-state index in [1.54, 1.807) is 0 Å². The van der Waals surface area contributed by atoms with Gasteiger partial charge in [0.2, 0.25) is 17.2 Å². The molecule has 5 N–H and O–H groups in total. The number of aromatic carboxylic acids is 1. The predicted octanol–water partition coefficient (Wildman–Crippen LogP) is -4.42. The Balaban J connectivity index is 0.00000196. The van der Waals surface area contributed by atoms with Crippen LogP contribution in [0.1, 0.15) is 10.4 Å². The van der Waals surface area contributed by atoms with Gasteiger partial charge in [-0.05, 0) is 0 Å². The van der Waals surface area contributed by atoms with Crippen molar-refractivity contribution in [1.82, 2.24) is 0 Å². The number of phenolic OH excluding ortho intramolecular Hbond substituents is 3. The maximum atomic E-state index is 10.3. The summed E-state index contributed by atoms with van der Waals surface area (Å²) in [6.45, 7) is 0. The van der Waals surface area contributed by atoms with E-state index in [4.69, 9.17) is 25.5 Å². The molecule has 1 rings (SSSR count). The Labute approximate surface area is 95.0 Å². The Hall–Kier alpha value is -1.71. The monoisotopic (exact) mass is 208 g/mol. The summed E-state index contributed by atoms with van der Waals surface area (Å²) in [7, 11) is 0. The van der Waals surface area contributed by atoms with Crippen molar-refractivity contribution in [2.45, 2.75) is 0 Å². The first-order valence-electron chi connectivity index (χ1n) is 3.28. The van der Waals surface area contributed by atoms with Crippen molar-refractivity contribution in [2.75, 3.05) is 0 Å². The molecule has 0 saturated heterocycles. The summed E-state index contributed by atoms with van der Waals surface area (Å²) < 4.78 is 0. The molecule has 0 radical (unpaired) electrons. The molecule has 15 heavy (non-hydrogen) atoms. The smallest absolute Gasteiger partial charge is 0.545 e. The molecule has 0 aromatic heterocycles. The van der Waals surface area contributed by atoms with E-state index in [9.17, 15) is 9.90 Å². The Morgan fingerprint density at radius 1 is 0.800 bits per heavy atom. The summed E-state index contributed by atoms with van der Waals surface area (Å²) in [4.78, 5) is 10.3. The molecule has 1 aromatic carbocycles. The molecular weight excluding hydrogens is 203 g/mol. The molecule has 7 nitrogen and oxygen atoms in total. The van der Waals surface area contributed by atoms with Crippen LogP contribution in [0.4, 0.5) is 0 Å². The van der Waals surface area contributed by atoms with E-state index >= 15 is 0 Å². The Bertz CT molecular complexity index is 385. The van der Waals surface area contributed by atoms with Gasteiger partial charge in [-0.2, -0.15) is 0 Å². The Morgan fingerprint density at radius 2 is 1.07 bits per heavy atom. The minimum Gasteiger partial charge on any atom is -0.545 e. The van der Waals surface area contributed by atoms with Crippen molar-refractivity contribution in [3.63, 3.8) is 0 Å². The zero-order valence-electron chi connectivity index (χ0n) is 7.55. The quantitative estimate of drug-likeness (QED) is 0.178. The topological polar surface area (TPSA) is 141 Å². The first kappa shape index (κ1) is 13.3. The molecule has 0 aliphatic rings. The van der Waals surface area contributed by atoms with Gasteiger partial charge in [0, 0.05) is 0 Å². The maximum Gasteiger partial charge on any atom is 1.00 e. The molecule has 1 aromatic rings. The summed E-state index contributed by atoms with van der Waals surface area (Å²) in [5, 5.41) is 54.8. The summed E-state index contributed by atoms with van der Waals surface area (Å²) in [5.41, 5.74) is -1.20. The van der Waals surface area contributed by atoms with Gasteiger partial charge in [-0.3, -0.25) is 0 Å². The molecular formula is C7H5LiO7. The van der Waals surface area contributed by atoms with E-state index in [0.717, 1.165) is 0 Å². The fraction of sp³-hybridized carbons (Fsp3) is 0. The molecule has 0 unspecified atom stereocenters. The van der Waals surface area contributed by atoms with Crippen LogP contribution in [-0.2, 0) is 0 Å². The number of carboxylic acid groups (broad SMARTS) is 1. The van der Waals surface area contributed by atoms with E-state index in [1.165, 1.54) is 0 Å². The van der Waals surface area contributed by atoms with Crippen LogP contribution in [0.25, 0.3) is 0 Å². The Kier molecular flexibility index (Phi) is 3.73. The van der Waals surface area contributed by atoms with Crippen LogP contribution < -0.4 is 24.0 Å². The van der Waals surface area contributed by atoms with Crippen LogP contribution in [-0.4, -0.2) is 31.5 Å². The number of rotatable bonds is 1. The van der Waals surface area contributed by atoms with Gasteiger partial charge >= 0.3 is 18.9 Å². The van der Waals surface area contributed by atoms with Crippen LogP contribution in [0.5, 0.6) is 28.7 Å². The van der Waals surface area contributed by atoms with Crippen LogP contribution in [0.3, 0.4) is 0 Å². The first-order chi connectivity index (χ1) is 6.37. The fourth-order valence-electron chi connectivity index (χ4n) is 0.879. The number of benzene rings is 1. The van der Waals surface area contributed by atoms with Gasteiger partial charge in [-0.1, -0.05) is 0 Å². The van der Waals surface area contributed by atoms with Gasteiger partial charge in [0.25, 0.3) is 0 Å². The molecule has 0 aliphatic carbocycles. The summed E-state index contributed by atoms with van der Waals surface area (Å²) in [6.07, 6.45) is 0. The zero-order valence-corrected chi connectivity index (χ0v) is 7.55. The molecule has 0 atom stereocenters. The summed E-state index contributed by atoms with van der Waals surface area (Å²) in [5.74, 6) is -8.29. The van der Waals surface area contributed by atoms with Gasteiger partial charge in [0.15, 0.2) is 11.5 Å². The first-order valence-corrected chi connectivity index (χ1v) is 3.28. The van der Waals surface area contributed by atoms with E-state index in [1.807, 2.05) is 0 Å². The number of aromatic hydroxyl groups is 5. The summed E-state index contributed by atoms with van der Waals surface area (Å²) >= 11 is 0. The van der Waals surface area contributed by atoms with Crippen molar-refractivity contribution < 1.29 is 54.3 Å². The van der Waals surface area contributed by atoms with Crippen molar-refractivity contribution in [1.29, 1.82) is 0 Å². The third-order valence-electron chi connectivity index (χ3n) is 1.57. The standard InChI is InChI=1S/C7H6O7.Li/c8-2-1(7(13)14)3(9)5(11)6(12)4(2)10;/h8-12H,(H,13,14);/q;+1/p-1. The number of carboxylic acids is 1. The number of phenols is 5. The second kappa shape index (κ2) is 4.21. The molecule has 8 heteroatoms. The largest absolute Gasteiger partial charge is 1.00 e. The molecule has 0 aliphatic heterocycles. The minimum atomic E-state index is -2.01. The zero-order chi connectivity index (χ0) is 11.0. The van der Waals surface area contributed by atoms with Crippen LogP contribution in [0.2, 0.25) is 0 Å². The number of carbonyl (C=O) groups excluding carboxylic acids is 1. The van der Waals surface area contributed by atoms with Gasteiger partial charge in [0.05, 0.1) is 11.5 Å². The molecule has 0 bridgehead atoms. The van der Waals surface area contributed by atoms with Gasteiger partial charge < -0.3 is 35.4 Å². The van der Waals surface area contributed by atoms with E-state index in [-0.39, 0.29) is 18.9 Å². The SMILES string of the molecule is O=C([O-])c1c(O)c(O)c(O)c(O)c1O.[Li+]. The van der Waals surface area contributed by atoms with Gasteiger partial charge in [-0.25, -0.2) is 0 Å². The maximum absolute atomic E-state index is 10.3. The van der Waals surface area contributed by atoms with E-state index in [0.29, 0.717) is 0 Å². The van der Waals surface area contributed by atoms with Crippen molar-refractivity contribution in [2.24, 2.45) is 0 Å². The van der Waals surface area contributed by atoms with Crippen LogP contribution >= 0.6 is 0 Å². The summed E-state index contributed by atoms with van der Waals surface area (Å²) in [6, 6.07) is 0. The van der Waals surface area contributed by atoms with Crippen LogP contribution in [0, 0.1) is 0 Å². The Morgan fingerprint density at radius 3 is 1.33 bits per heavy atom. The van der Waals surface area contributed by atoms with Gasteiger partial charge in [0.1, 0.15) is 0 Å². The fourth-order valence-corrected chi connectivity index (χ4v) is 0.879. The molecule has 0 saturated carbocycles. The number of carbonyl (C=O) groups is 1. The number of hydrogen-bond acceptors (Lipinski definition) is 7. The molecule has 0 fully saturated rings. The second-order valence-electron chi connectivity index (χ2n) is 2.41. The van der Waals surface area contributed by atoms with Gasteiger partial charge in [-0.15, -0.1) is 0 Å². The van der Waals surface area contributed by atoms with E-state index < -0.39 is 40.3 Å². The van der Waals surface area contributed by atoms with Crippen molar-refractivity contribution in [3.05, 3.63) is 5.56 Å². The second-order valence-corrected chi connectivity index (χ2v) is 2.41. The average molecular weight is 208 g/mol. The molecule has 0 spiro atoms. The molecule has 0 amide bonds. The normalized spacial score (nSPS) is 9.33. The molecule has 0 heterocycles. The number of hydrogen-bond donors (Lipinski definition) is 5. The third kappa shape index (κ3) is 1.88. The predicted molar refractivity (Wildman–Crippen MR) is 39.1 cm³/mol. The van der Waals surface area contributed by atoms with Crippen LogP contribution in [0.15, 0.2) is 0 Å². The van der Waals surface area contributed by atoms with Crippen molar-refractivity contribution in [3.8, 4) is 28.7 Å². The molecule has 76 valence electrons. The minimum absolute atomic E-state index is 0. The average Bonchev–Trinajstić information content (AvgIpc) is 2.11. The van der Waals surface area contributed by atoms with E-state index in [2.05, 4.69) is 0 Å². The van der Waals surface area contributed by atoms with Crippen molar-refractivity contribution >= 4 is 5.97 Å².